The number of fused-ring (bicyclic) bond motifs is 1. The molecule has 0 saturated heterocycles. The minimum Gasteiger partial charge on any atom is -0.507 e. The van der Waals surface area contributed by atoms with E-state index < -0.39 is 0 Å². The fraction of sp³-hybridized carbons (Fsp3) is 0.238. The lowest BCUT2D eigenvalue weighted by Crippen LogP contribution is -2.30. The lowest BCUT2D eigenvalue weighted by Gasteiger charge is -2.26. The number of esters is 1. The lowest BCUT2D eigenvalue weighted by molar-refractivity contribution is 0.0600. The summed E-state index contributed by atoms with van der Waals surface area (Å²) < 4.78 is 10.3. The van der Waals surface area contributed by atoms with Crippen molar-refractivity contribution in [1.82, 2.24) is 10.1 Å². The van der Waals surface area contributed by atoms with E-state index in [1.54, 1.807) is 6.07 Å². The third kappa shape index (κ3) is 3.79. The molecule has 7 nitrogen and oxygen atoms in total. The van der Waals surface area contributed by atoms with Crippen molar-refractivity contribution in [1.29, 1.82) is 0 Å². The summed E-state index contributed by atoms with van der Waals surface area (Å²) in [5.41, 5.74) is 3.60. The van der Waals surface area contributed by atoms with Crippen LogP contribution in [0.15, 0.2) is 40.9 Å². The van der Waals surface area contributed by atoms with Gasteiger partial charge in [-0.3, -0.25) is 4.90 Å². The predicted octanol–water partition coefficient (Wildman–Crippen LogP) is 3.75. The average molecular weight is 415 g/mol. The maximum Gasteiger partial charge on any atom is 0.337 e. The van der Waals surface area contributed by atoms with E-state index in [1.165, 1.54) is 19.2 Å². The number of aromatic nitrogens is 1. The fourth-order valence-electron chi connectivity index (χ4n) is 3.52. The monoisotopic (exact) mass is 414 g/mol. The van der Waals surface area contributed by atoms with E-state index in [0.717, 1.165) is 23.4 Å². The summed E-state index contributed by atoms with van der Waals surface area (Å²) in [6, 6.07) is 9.98. The van der Waals surface area contributed by atoms with Crippen LogP contribution in [0, 0.1) is 0 Å². The molecule has 1 aliphatic heterocycles. The number of benzene rings is 2. The Bertz CT molecular complexity index is 1080. The molecule has 0 unspecified atom stereocenters. The minimum atomic E-state index is -0.367. The van der Waals surface area contributed by atoms with Crippen LogP contribution >= 0.6 is 11.6 Å². The second-order valence-electron chi connectivity index (χ2n) is 6.91. The van der Waals surface area contributed by atoms with E-state index in [1.807, 2.05) is 18.2 Å². The maximum atomic E-state index is 11.8. The third-order valence-corrected chi connectivity index (χ3v) is 5.28. The van der Waals surface area contributed by atoms with Gasteiger partial charge in [0.2, 0.25) is 0 Å². The Labute approximate surface area is 172 Å². The standard InChI is InChI=1S/C21H19ClN2O5/c1-28-21(27)13-4-2-3-12(7-13)10-24-6-5-17-15(11-24)20(29-23-17)14-8-16(22)19(26)9-18(14)25/h2-4,7-9,25-26H,5-6,10-11H2,1H3. The molecule has 8 heteroatoms. The van der Waals surface area contributed by atoms with Crippen molar-refractivity contribution in [3.05, 3.63) is 63.8 Å². The molecule has 0 spiro atoms. The number of halogens is 1. The van der Waals surface area contributed by atoms with Crippen molar-refractivity contribution in [2.45, 2.75) is 19.5 Å². The van der Waals surface area contributed by atoms with Crippen molar-refractivity contribution in [2.24, 2.45) is 0 Å². The van der Waals surface area contributed by atoms with Gasteiger partial charge in [-0.15, -0.1) is 0 Å². The van der Waals surface area contributed by atoms with Gasteiger partial charge < -0.3 is 19.5 Å². The number of ether oxygens (including phenoxy) is 1. The van der Waals surface area contributed by atoms with Crippen molar-refractivity contribution in [3.8, 4) is 22.8 Å². The van der Waals surface area contributed by atoms with Gasteiger partial charge in [-0.05, 0) is 23.8 Å². The van der Waals surface area contributed by atoms with Crippen LogP contribution in [0.25, 0.3) is 11.3 Å². The Kier molecular flexibility index (Phi) is 5.17. The minimum absolute atomic E-state index is 0.121. The zero-order valence-electron chi connectivity index (χ0n) is 15.7. The molecule has 3 aromatic rings. The van der Waals surface area contributed by atoms with E-state index in [-0.39, 0.29) is 22.5 Å². The number of phenolic OH excluding ortho intramolecular Hbond substituents is 2. The number of methoxy groups -OCH3 is 1. The van der Waals surface area contributed by atoms with E-state index in [4.69, 9.17) is 20.9 Å². The summed E-state index contributed by atoms with van der Waals surface area (Å²) in [6.45, 7) is 1.98. The van der Waals surface area contributed by atoms with Gasteiger partial charge in [-0.1, -0.05) is 28.9 Å². The first-order valence-corrected chi connectivity index (χ1v) is 9.43. The second kappa shape index (κ2) is 7.77. The maximum absolute atomic E-state index is 11.8. The zero-order chi connectivity index (χ0) is 20.5. The summed E-state index contributed by atoms with van der Waals surface area (Å²) in [5, 5.41) is 24.2. The molecule has 0 atom stereocenters. The van der Waals surface area contributed by atoms with Gasteiger partial charge in [0.1, 0.15) is 11.5 Å². The number of phenols is 2. The molecule has 2 heterocycles. The number of carbonyl (C=O) groups excluding carboxylic acids is 1. The molecular weight excluding hydrogens is 396 g/mol. The first kappa shape index (κ1) is 19.3. The van der Waals surface area contributed by atoms with Gasteiger partial charge in [0.25, 0.3) is 0 Å². The Hall–Kier alpha value is -3.03. The Morgan fingerprint density at radius 3 is 2.90 bits per heavy atom. The fourth-order valence-corrected chi connectivity index (χ4v) is 3.68. The molecule has 2 aromatic carbocycles. The van der Waals surface area contributed by atoms with Gasteiger partial charge in [0.15, 0.2) is 5.76 Å². The molecule has 0 amide bonds. The highest BCUT2D eigenvalue weighted by atomic mass is 35.5. The molecule has 4 rings (SSSR count). The van der Waals surface area contributed by atoms with Crippen molar-refractivity contribution >= 4 is 17.6 Å². The molecule has 2 N–H and O–H groups in total. The van der Waals surface area contributed by atoms with Crippen LogP contribution in [0.3, 0.4) is 0 Å². The van der Waals surface area contributed by atoms with Crippen molar-refractivity contribution < 1.29 is 24.3 Å². The SMILES string of the molecule is COC(=O)c1cccc(CN2CCc3noc(-c4cc(Cl)c(O)cc4O)c3C2)c1. The summed E-state index contributed by atoms with van der Waals surface area (Å²) in [7, 11) is 1.36. The Balaban J connectivity index is 1.59. The first-order chi connectivity index (χ1) is 14.0. The highest BCUT2D eigenvalue weighted by molar-refractivity contribution is 6.32. The Morgan fingerprint density at radius 2 is 2.10 bits per heavy atom. The molecule has 29 heavy (non-hydrogen) atoms. The highest BCUT2D eigenvalue weighted by Crippen LogP contribution is 2.40. The van der Waals surface area contributed by atoms with Crippen LogP contribution in [-0.2, 0) is 24.2 Å². The molecule has 150 valence electrons. The molecule has 0 radical (unpaired) electrons. The highest BCUT2D eigenvalue weighted by Gasteiger charge is 2.27. The number of hydrogen-bond acceptors (Lipinski definition) is 7. The number of nitrogens with zero attached hydrogens (tertiary/aromatic N) is 2. The summed E-state index contributed by atoms with van der Waals surface area (Å²) in [5.74, 6) is -0.261. The van der Waals surface area contributed by atoms with Crippen LogP contribution in [0.2, 0.25) is 5.02 Å². The summed E-state index contributed by atoms with van der Waals surface area (Å²) in [4.78, 5) is 14.0. The van der Waals surface area contributed by atoms with Crippen LogP contribution in [0.1, 0.15) is 27.2 Å². The number of hydrogen-bond donors (Lipinski definition) is 2. The first-order valence-electron chi connectivity index (χ1n) is 9.05. The predicted molar refractivity (Wildman–Crippen MR) is 106 cm³/mol. The van der Waals surface area contributed by atoms with Crippen molar-refractivity contribution in [2.75, 3.05) is 13.7 Å². The van der Waals surface area contributed by atoms with Gasteiger partial charge in [0.05, 0.1) is 29.0 Å². The topological polar surface area (TPSA) is 96.0 Å². The number of carbonyl (C=O) groups is 1. The quantitative estimate of drug-likeness (QED) is 0.627. The van der Waals surface area contributed by atoms with Gasteiger partial charge >= 0.3 is 5.97 Å². The number of aromatic hydroxyl groups is 2. The van der Waals surface area contributed by atoms with E-state index in [0.29, 0.717) is 36.4 Å². The van der Waals surface area contributed by atoms with Crippen molar-refractivity contribution in [3.63, 3.8) is 0 Å². The largest absolute Gasteiger partial charge is 0.507 e. The van der Waals surface area contributed by atoms with Gasteiger partial charge in [-0.25, -0.2) is 4.79 Å². The summed E-state index contributed by atoms with van der Waals surface area (Å²) in [6.07, 6.45) is 0.697. The Morgan fingerprint density at radius 1 is 1.28 bits per heavy atom. The van der Waals surface area contributed by atoms with Gasteiger partial charge in [0, 0.05) is 37.7 Å². The molecule has 0 saturated carbocycles. The van der Waals surface area contributed by atoms with Crippen LogP contribution in [-0.4, -0.2) is 39.9 Å². The molecular formula is C21H19ClN2O5. The number of rotatable bonds is 4. The molecule has 0 bridgehead atoms. The van der Waals surface area contributed by atoms with Gasteiger partial charge in [-0.2, -0.15) is 0 Å². The molecule has 1 aliphatic rings. The van der Waals surface area contributed by atoms with Crippen LogP contribution < -0.4 is 0 Å². The molecule has 0 fully saturated rings. The second-order valence-corrected chi connectivity index (χ2v) is 7.32. The van der Waals surface area contributed by atoms with E-state index >= 15 is 0 Å². The van der Waals surface area contributed by atoms with Crippen LogP contribution in [0.4, 0.5) is 0 Å². The average Bonchev–Trinajstić information content (AvgIpc) is 3.13. The third-order valence-electron chi connectivity index (χ3n) is 4.98. The molecule has 1 aromatic heterocycles. The van der Waals surface area contributed by atoms with E-state index in [2.05, 4.69) is 10.1 Å². The van der Waals surface area contributed by atoms with E-state index in [9.17, 15) is 15.0 Å². The smallest absolute Gasteiger partial charge is 0.337 e. The molecule has 0 aliphatic carbocycles. The zero-order valence-corrected chi connectivity index (χ0v) is 16.4. The normalized spacial score (nSPS) is 13.9. The summed E-state index contributed by atoms with van der Waals surface area (Å²) >= 11 is 6.00. The van der Waals surface area contributed by atoms with Crippen LogP contribution in [0.5, 0.6) is 11.5 Å². The lowest BCUT2D eigenvalue weighted by atomic mass is 10.00.